The Kier molecular flexibility index (Phi) is 8.95. The topological polar surface area (TPSA) is 115 Å². The van der Waals surface area contributed by atoms with E-state index in [1.807, 2.05) is 90.7 Å². The van der Waals surface area contributed by atoms with Crippen LogP contribution in [-0.4, -0.2) is 61.8 Å². The highest BCUT2D eigenvalue weighted by Gasteiger charge is 2.26. The van der Waals surface area contributed by atoms with Crippen molar-refractivity contribution in [1.29, 1.82) is 0 Å². The zero-order chi connectivity index (χ0) is 27.7. The number of carbonyl (C=O) groups is 1. The van der Waals surface area contributed by atoms with Gasteiger partial charge in [0.2, 0.25) is 0 Å². The van der Waals surface area contributed by atoms with Crippen LogP contribution in [0.1, 0.15) is 41.4 Å². The number of ether oxygens (including phenoxy) is 1. The van der Waals surface area contributed by atoms with Gasteiger partial charge in [-0.1, -0.05) is 71.9 Å². The fraction of sp³-hybridized carbons (Fsp3) is 0.290. The quantitative estimate of drug-likeness (QED) is 0.298. The number of benzene rings is 3. The van der Waals surface area contributed by atoms with Crippen molar-refractivity contribution in [3.05, 3.63) is 102 Å². The maximum absolute atomic E-state index is 13.9. The number of aromatic amines is 1. The molecule has 3 aromatic carbocycles. The van der Waals surface area contributed by atoms with Crippen LogP contribution in [0.4, 0.5) is 0 Å². The molecular weight excluding hydrogens is 502 g/mol. The van der Waals surface area contributed by atoms with Crippen LogP contribution >= 0.6 is 0 Å². The normalized spacial score (nSPS) is 14.6. The van der Waals surface area contributed by atoms with Gasteiger partial charge in [-0.15, -0.1) is 5.10 Å². The molecule has 1 amide bonds. The maximum atomic E-state index is 13.9. The van der Waals surface area contributed by atoms with Crippen molar-refractivity contribution in [2.45, 2.75) is 39.0 Å². The third kappa shape index (κ3) is 6.44. The van der Waals surface area contributed by atoms with Crippen LogP contribution in [0.25, 0.3) is 22.2 Å². The number of hydrogen-bond acceptors (Lipinski definition) is 6. The summed E-state index contributed by atoms with van der Waals surface area (Å²) in [7, 11) is 0. The zero-order valence-electron chi connectivity index (χ0n) is 22.7. The van der Waals surface area contributed by atoms with Crippen LogP contribution in [0.3, 0.4) is 0 Å². The van der Waals surface area contributed by atoms with Gasteiger partial charge in [0.15, 0.2) is 5.69 Å². The van der Waals surface area contributed by atoms with Gasteiger partial charge in [0.1, 0.15) is 5.69 Å². The fourth-order valence-corrected chi connectivity index (χ4v) is 4.79. The summed E-state index contributed by atoms with van der Waals surface area (Å²) in [5.41, 5.74) is 10.3. The van der Waals surface area contributed by atoms with Crippen molar-refractivity contribution in [2.75, 3.05) is 19.7 Å². The van der Waals surface area contributed by atoms with Crippen LogP contribution < -0.4 is 5.73 Å². The Morgan fingerprint density at radius 3 is 2.48 bits per heavy atom. The van der Waals surface area contributed by atoms with Gasteiger partial charge in [0, 0.05) is 37.2 Å². The van der Waals surface area contributed by atoms with E-state index in [9.17, 15) is 4.79 Å². The van der Waals surface area contributed by atoms with Crippen LogP contribution in [0, 0.1) is 0 Å². The summed E-state index contributed by atoms with van der Waals surface area (Å²) in [6.45, 7) is 5.16. The average molecular weight is 538 g/mol. The highest BCUT2D eigenvalue weighted by atomic mass is 16.5. The molecule has 206 valence electrons. The molecule has 0 aliphatic carbocycles. The summed E-state index contributed by atoms with van der Waals surface area (Å²) < 4.78 is 6.89. The summed E-state index contributed by atoms with van der Waals surface area (Å²) in [6.07, 6.45) is 4.50. The smallest absolute Gasteiger partial charge is 0.274 e. The molecule has 1 fully saturated rings. The van der Waals surface area contributed by atoms with Gasteiger partial charge >= 0.3 is 0 Å². The van der Waals surface area contributed by atoms with Crippen molar-refractivity contribution in [3.8, 4) is 11.3 Å². The third-order valence-corrected chi connectivity index (χ3v) is 7.00. The molecule has 0 unspecified atom stereocenters. The van der Waals surface area contributed by atoms with Gasteiger partial charge in [-0.2, -0.15) is 5.10 Å². The predicted molar refractivity (Wildman–Crippen MR) is 156 cm³/mol. The van der Waals surface area contributed by atoms with E-state index in [1.54, 1.807) is 10.9 Å². The third-order valence-electron chi connectivity index (χ3n) is 7.00. The number of nitrogens with one attached hydrogen (secondary N) is 1. The molecule has 1 aliphatic rings. The fourth-order valence-electron chi connectivity index (χ4n) is 4.79. The monoisotopic (exact) mass is 537 g/mol. The Hall–Kier alpha value is -4.34. The molecule has 2 aromatic heterocycles. The molecule has 0 spiro atoms. The second-order valence-electron chi connectivity index (χ2n) is 9.78. The first-order valence-corrected chi connectivity index (χ1v) is 13.7. The molecule has 0 bridgehead atoms. The minimum absolute atomic E-state index is 0.0930. The first kappa shape index (κ1) is 27.2. The van der Waals surface area contributed by atoms with Crippen molar-refractivity contribution in [1.82, 2.24) is 30.1 Å². The number of nitrogens with zero attached hydrogens (tertiary/aromatic N) is 5. The van der Waals surface area contributed by atoms with E-state index in [1.165, 1.54) is 6.42 Å². The van der Waals surface area contributed by atoms with Gasteiger partial charge in [0.25, 0.3) is 5.91 Å². The summed E-state index contributed by atoms with van der Waals surface area (Å²) >= 11 is 0. The summed E-state index contributed by atoms with van der Waals surface area (Å²) in [6, 6.07) is 25.9. The van der Waals surface area contributed by atoms with E-state index in [-0.39, 0.29) is 5.91 Å². The molecule has 1 aliphatic heterocycles. The van der Waals surface area contributed by atoms with Crippen molar-refractivity contribution in [2.24, 2.45) is 5.73 Å². The van der Waals surface area contributed by atoms with Crippen molar-refractivity contribution >= 4 is 16.8 Å². The Morgan fingerprint density at radius 1 is 1.07 bits per heavy atom. The number of H-pyrrole nitrogens is 1. The number of aromatic nitrogens is 5. The van der Waals surface area contributed by atoms with Gasteiger partial charge < -0.3 is 15.4 Å². The second-order valence-corrected chi connectivity index (χ2v) is 9.78. The van der Waals surface area contributed by atoms with Gasteiger partial charge in [0.05, 0.1) is 24.4 Å². The molecule has 3 heterocycles. The predicted octanol–water partition coefficient (Wildman–Crippen LogP) is 4.66. The molecular formula is C31H35N7O2. The Balaban J connectivity index is 0.000000403. The largest absolute Gasteiger partial charge is 0.377 e. The highest BCUT2D eigenvalue weighted by Crippen LogP contribution is 2.27. The van der Waals surface area contributed by atoms with Crippen LogP contribution in [0.15, 0.2) is 85.1 Å². The number of rotatable bonds is 8. The van der Waals surface area contributed by atoms with E-state index >= 15 is 0 Å². The lowest BCUT2D eigenvalue weighted by Gasteiger charge is -2.22. The van der Waals surface area contributed by atoms with Gasteiger partial charge in [-0.3, -0.25) is 9.89 Å². The summed E-state index contributed by atoms with van der Waals surface area (Å²) in [5, 5.41) is 16.9. The molecule has 40 heavy (non-hydrogen) atoms. The molecule has 0 saturated carbocycles. The zero-order valence-corrected chi connectivity index (χ0v) is 22.7. The minimum Gasteiger partial charge on any atom is -0.377 e. The standard InChI is InChI=1S/C26H24N6O.C5H11NO/c1-2-31(17-19-9-5-3-6-10-19)26(33)25-24(21-13-14-23-22(15-21)16-27-28-23)29-30-32(25)18-20-11-7-4-8-12-20;6-4-5-2-1-3-7-5/h3-16H,2,17-18H2,1H3,(H,27,28);5H,1-4,6H2/t;5-/m.0/s1. The number of fused-ring (bicyclic) bond motifs is 1. The molecule has 9 nitrogen and oxygen atoms in total. The van der Waals surface area contributed by atoms with Crippen LogP contribution in [0.5, 0.6) is 0 Å². The number of amides is 1. The Morgan fingerprint density at radius 2 is 1.82 bits per heavy atom. The highest BCUT2D eigenvalue weighted by molar-refractivity contribution is 5.99. The first-order chi connectivity index (χ1) is 19.7. The number of carbonyl (C=O) groups excluding carboxylic acids is 1. The second kappa shape index (κ2) is 13.1. The maximum Gasteiger partial charge on any atom is 0.274 e. The first-order valence-electron chi connectivity index (χ1n) is 13.7. The van der Waals surface area contributed by atoms with Gasteiger partial charge in [-0.05, 0) is 43.0 Å². The van der Waals surface area contributed by atoms with Gasteiger partial charge in [-0.25, -0.2) is 4.68 Å². The molecule has 1 atom stereocenters. The van der Waals surface area contributed by atoms with E-state index in [2.05, 4.69) is 20.5 Å². The molecule has 6 rings (SSSR count). The summed E-state index contributed by atoms with van der Waals surface area (Å²) in [5.74, 6) is -0.0930. The van der Waals surface area contributed by atoms with E-state index in [4.69, 9.17) is 10.5 Å². The molecule has 3 N–H and O–H groups in total. The van der Waals surface area contributed by atoms with E-state index < -0.39 is 0 Å². The van der Waals surface area contributed by atoms with Crippen molar-refractivity contribution in [3.63, 3.8) is 0 Å². The molecule has 9 heteroatoms. The lowest BCUT2D eigenvalue weighted by atomic mass is 10.1. The Bertz CT molecular complexity index is 1510. The molecule has 5 aromatic rings. The minimum atomic E-state index is -0.0930. The molecule has 0 radical (unpaired) electrons. The van der Waals surface area contributed by atoms with Crippen LogP contribution in [-0.2, 0) is 17.8 Å². The molecule has 1 saturated heterocycles. The van der Waals surface area contributed by atoms with E-state index in [0.29, 0.717) is 43.7 Å². The SMILES string of the molecule is CCN(Cc1ccccc1)C(=O)c1c(-c2ccc3[nH]ncc3c2)nnn1Cc1ccccc1.NC[C@@H]1CCCO1. The number of nitrogens with two attached hydrogens (primary N) is 1. The van der Waals surface area contributed by atoms with E-state index in [0.717, 1.165) is 40.6 Å². The lowest BCUT2D eigenvalue weighted by Crippen LogP contribution is -2.32. The van der Waals surface area contributed by atoms with Crippen LogP contribution in [0.2, 0.25) is 0 Å². The lowest BCUT2D eigenvalue weighted by molar-refractivity contribution is 0.0741. The Labute approximate surface area is 234 Å². The summed E-state index contributed by atoms with van der Waals surface area (Å²) in [4.78, 5) is 15.7. The number of hydrogen-bond donors (Lipinski definition) is 2. The average Bonchev–Trinajstić information content (AvgIpc) is 3.78. The van der Waals surface area contributed by atoms with Crippen molar-refractivity contribution < 1.29 is 9.53 Å².